The second kappa shape index (κ2) is 3.18. The molecule has 2 rings (SSSR count). The maximum atomic E-state index is 11.2. The van der Waals surface area contributed by atoms with Gasteiger partial charge in [0.15, 0.2) is 0 Å². The van der Waals surface area contributed by atoms with Gasteiger partial charge in [0.1, 0.15) is 13.0 Å². The van der Waals surface area contributed by atoms with Crippen molar-refractivity contribution in [1.82, 2.24) is 0 Å². The molecule has 1 aromatic carbocycles. The van der Waals surface area contributed by atoms with Crippen molar-refractivity contribution >= 4 is 0 Å². The summed E-state index contributed by atoms with van der Waals surface area (Å²) in [4.78, 5) is 0. The lowest BCUT2D eigenvalue weighted by molar-refractivity contribution is -0.669. The topological polar surface area (TPSA) is 40.1 Å². The van der Waals surface area contributed by atoms with Crippen LogP contribution in [0.25, 0.3) is 11.5 Å². The van der Waals surface area contributed by atoms with Gasteiger partial charge < -0.3 is 9.52 Å². The van der Waals surface area contributed by atoms with E-state index in [4.69, 9.17) is 4.42 Å². The maximum Gasteiger partial charge on any atom is 0.269 e. The van der Waals surface area contributed by atoms with Gasteiger partial charge in [0.05, 0.1) is 5.56 Å². The monoisotopic (exact) mass is 189 g/mol. The highest BCUT2D eigenvalue weighted by Gasteiger charge is 2.14. The molecule has 14 heavy (non-hydrogen) atoms. The fourth-order valence-corrected chi connectivity index (χ4v) is 1.35. The molecule has 0 spiro atoms. The van der Waals surface area contributed by atoms with Crippen LogP contribution < -0.4 is 9.67 Å². The lowest BCUT2D eigenvalue weighted by Gasteiger charge is -1.95. The molecule has 0 bridgehead atoms. The lowest BCUT2D eigenvalue weighted by atomic mass is 10.2. The Balaban J connectivity index is 2.58. The molecule has 0 atom stereocenters. The minimum atomic E-state index is -0.272. The summed E-state index contributed by atoms with van der Waals surface area (Å²) < 4.78 is 6.90. The van der Waals surface area contributed by atoms with Gasteiger partial charge in [0.2, 0.25) is 5.69 Å². The van der Waals surface area contributed by atoms with Crippen LogP contribution in [-0.2, 0) is 7.05 Å². The zero-order valence-corrected chi connectivity index (χ0v) is 8.15. The number of aromatic nitrogens is 1. The van der Waals surface area contributed by atoms with Crippen LogP contribution in [0.15, 0.2) is 34.7 Å². The molecule has 0 aliphatic rings. The van der Waals surface area contributed by atoms with E-state index in [1.54, 1.807) is 11.5 Å². The van der Waals surface area contributed by atoms with Crippen LogP contribution in [-0.4, -0.2) is 0 Å². The molecule has 3 nitrogen and oxygen atoms in total. The molecule has 0 radical (unpaired) electrons. The van der Waals surface area contributed by atoms with Crippen LogP contribution in [0.4, 0.5) is 0 Å². The van der Waals surface area contributed by atoms with Gasteiger partial charge >= 0.3 is 0 Å². The first-order valence-electron chi connectivity index (χ1n) is 4.42. The Hall–Kier alpha value is -1.77. The largest absolute Gasteiger partial charge is 0.540 e. The summed E-state index contributed by atoms with van der Waals surface area (Å²) in [6.07, 6.45) is 0. The molecule has 0 saturated heterocycles. The Morgan fingerprint density at radius 2 is 1.86 bits per heavy atom. The first-order valence-corrected chi connectivity index (χ1v) is 4.42. The first kappa shape index (κ1) is 8.81. The predicted molar refractivity (Wildman–Crippen MR) is 49.5 cm³/mol. The summed E-state index contributed by atoms with van der Waals surface area (Å²) in [5.41, 5.74) is 1.53. The standard InChI is InChI=1S/C11H11NO2/c1-8-11(13)14-10(12(8)2)9-6-4-3-5-7-9/h3-7H,1-2H3. The number of rotatable bonds is 1. The van der Waals surface area contributed by atoms with Crippen molar-refractivity contribution in [2.24, 2.45) is 7.05 Å². The molecule has 1 heterocycles. The van der Waals surface area contributed by atoms with E-state index in [1.807, 2.05) is 37.4 Å². The normalized spacial score (nSPS) is 10.4. The van der Waals surface area contributed by atoms with Gasteiger partial charge in [-0.1, -0.05) is 18.2 Å². The Morgan fingerprint density at radius 1 is 1.21 bits per heavy atom. The third-order valence-electron chi connectivity index (χ3n) is 2.31. The van der Waals surface area contributed by atoms with Crippen LogP contribution in [0.1, 0.15) is 5.69 Å². The zero-order valence-electron chi connectivity index (χ0n) is 8.15. The summed E-state index contributed by atoms with van der Waals surface area (Å²) >= 11 is 0. The van der Waals surface area contributed by atoms with Gasteiger partial charge in [0, 0.05) is 6.92 Å². The van der Waals surface area contributed by atoms with Crippen LogP contribution in [0.5, 0.6) is 5.95 Å². The number of oxazole rings is 1. The van der Waals surface area contributed by atoms with E-state index in [0.717, 1.165) is 5.56 Å². The molecule has 3 heteroatoms. The maximum absolute atomic E-state index is 11.2. The summed E-state index contributed by atoms with van der Waals surface area (Å²) in [5, 5.41) is 11.2. The third-order valence-corrected chi connectivity index (χ3v) is 2.31. The SMILES string of the molecule is Cc1c([O-])oc(-c2ccccc2)[n+]1C. The number of nitrogens with zero attached hydrogens (tertiary/aromatic N) is 1. The summed E-state index contributed by atoms with van der Waals surface area (Å²) in [6.45, 7) is 1.75. The Kier molecular flexibility index (Phi) is 2.00. The van der Waals surface area contributed by atoms with Gasteiger partial charge in [-0.3, -0.25) is 0 Å². The van der Waals surface area contributed by atoms with E-state index >= 15 is 0 Å². The van der Waals surface area contributed by atoms with E-state index in [-0.39, 0.29) is 5.95 Å². The number of benzene rings is 1. The van der Waals surface area contributed by atoms with Crippen molar-refractivity contribution in [1.29, 1.82) is 0 Å². The van der Waals surface area contributed by atoms with Gasteiger partial charge in [-0.15, -0.1) is 0 Å². The van der Waals surface area contributed by atoms with Crippen molar-refractivity contribution in [2.75, 3.05) is 0 Å². The third kappa shape index (κ3) is 1.27. The average molecular weight is 189 g/mol. The van der Waals surface area contributed by atoms with Crippen molar-refractivity contribution < 1.29 is 14.1 Å². The minimum absolute atomic E-state index is 0.272. The molecule has 0 amide bonds. The molecular formula is C11H11NO2. The molecule has 1 aromatic heterocycles. The zero-order chi connectivity index (χ0) is 10.1. The summed E-state index contributed by atoms with van der Waals surface area (Å²) in [7, 11) is 1.82. The minimum Gasteiger partial charge on any atom is -0.540 e. The van der Waals surface area contributed by atoms with Crippen molar-refractivity contribution in [3.63, 3.8) is 0 Å². The molecule has 72 valence electrons. The molecule has 0 aliphatic heterocycles. The molecule has 0 N–H and O–H groups in total. The molecule has 0 saturated carbocycles. The van der Waals surface area contributed by atoms with Crippen molar-refractivity contribution in [3.05, 3.63) is 36.0 Å². The van der Waals surface area contributed by atoms with Crippen LogP contribution in [0, 0.1) is 6.92 Å². The Morgan fingerprint density at radius 3 is 2.36 bits per heavy atom. The Bertz CT molecular complexity index is 446. The van der Waals surface area contributed by atoms with E-state index in [9.17, 15) is 5.11 Å². The van der Waals surface area contributed by atoms with Gasteiger partial charge in [-0.25, -0.2) is 0 Å². The van der Waals surface area contributed by atoms with Gasteiger partial charge in [-0.2, -0.15) is 4.57 Å². The second-order valence-electron chi connectivity index (χ2n) is 3.21. The highest BCUT2D eigenvalue weighted by atomic mass is 16.5. The quantitative estimate of drug-likeness (QED) is 0.631. The Labute approximate surface area is 82.2 Å². The molecule has 0 unspecified atom stereocenters. The molecule has 0 aliphatic carbocycles. The fraction of sp³-hybridized carbons (Fsp3) is 0.182. The van der Waals surface area contributed by atoms with Crippen LogP contribution >= 0.6 is 0 Å². The van der Waals surface area contributed by atoms with Crippen LogP contribution in [0.3, 0.4) is 0 Å². The summed E-state index contributed by atoms with van der Waals surface area (Å²) in [5.74, 6) is 0.333. The van der Waals surface area contributed by atoms with E-state index in [0.29, 0.717) is 11.6 Å². The fourth-order valence-electron chi connectivity index (χ4n) is 1.35. The van der Waals surface area contributed by atoms with Crippen molar-refractivity contribution in [3.8, 4) is 17.4 Å². The highest BCUT2D eigenvalue weighted by molar-refractivity contribution is 5.50. The average Bonchev–Trinajstić information content (AvgIpc) is 2.47. The summed E-state index contributed by atoms with van der Waals surface area (Å²) in [6, 6.07) is 9.59. The van der Waals surface area contributed by atoms with E-state index in [2.05, 4.69) is 0 Å². The number of hydrogen-bond acceptors (Lipinski definition) is 2. The van der Waals surface area contributed by atoms with Crippen LogP contribution in [0.2, 0.25) is 0 Å². The van der Waals surface area contributed by atoms with E-state index < -0.39 is 0 Å². The second-order valence-corrected chi connectivity index (χ2v) is 3.21. The molecular weight excluding hydrogens is 178 g/mol. The molecule has 0 fully saturated rings. The van der Waals surface area contributed by atoms with Gasteiger partial charge in [-0.05, 0) is 12.1 Å². The predicted octanol–water partition coefficient (Wildman–Crippen LogP) is 1.15. The number of hydrogen-bond donors (Lipinski definition) is 0. The smallest absolute Gasteiger partial charge is 0.269 e. The first-order chi connectivity index (χ1) is 6.70. The van der Waals surface area contributed by atoms with Crippen molar-refractivity contribution in [2.45, 2.75) is 6.92 Å². The van der Waals surface area contributed by atoms with E-state index in [1.165, 1.54) is 0 Å². The highest BCUT2D eigenvalue weighted by Crippen LogP contribution is 2.21. The molecule has 2 aromatic rings. The van der Waals surface area contributed by atoms with Gasteiger partial charge in [0.25, 0.3) is 5.89 Å². The lowest BCUT2D eigenvalue weighted by Crippen LogP contribution is -2.31.